The summed E-state index contributed by atoms with van der Waals surface area (Å²) < 4.78 is 0. The summed E-state index contributed by atoms with van der Waals surface area (Å²) in [5, 5.41) is 4.11. The van der Waals surface area contributed by atoms with Gasteiger partial charge < -0.3 is 0 Å². The smallest absolute Gasteiger partial charge is 0.00724 e. The van der Waals surface area contributed by atoms with Crippen LogP contribution in [0.15, 0.2) is 146 Å². The number of hydrogen-bond donors (Lipinski definition) is 0. The minimum atomic E-state index is -0.700. The lowest BCUT2D eigenvalue weighted by Crippen LogP contribution is -2.22. The van der Waals surface area contributed by atoms with Gasteiger partial charge in [-0.1, -0.05) is 146 Å². The normalized spacial score (nSPS) is 11.5. The average molecular weight is 455 g/mol. The van der Waals surface area contributed by atoms with Gasteiger partial charge in [-0.2, -0.15) is 0 Å². The number of hydrogen-bond acceptors (Lipinski definition) is 0. The summed E-state index contributed by atoms with van der Waals surface area (Å²) in [7, 11) is -0.700. The van der Waals surface area contributed by atoms with E-state index in [1.807, 2.05) is 0 Å². The second-order valence-corrected chi connectivity index (χ2v) is 10.3. The molecule has 0 unspecified atom stereocenters. The first-order chi connectivity index (χ1) is 16.9. The van der Waals surface area contributed by atoms with Gasteiger partial charge in [0.1, 0.15) is 0 Å². The van der Waals surface area contributed by atoms with E-state index in [0.717, 1.165) is 0 Å². The molecule has 0 N–H and O–H groups in total. The molecule has 0 atom stereocenters. The summed E-state index contributed by atoms with van der Waals surface area (Å²) in [4.78, 5) is 0. The average Bonchev–Trinajstić information content (AvgIpc) is 2.92. The molecule has 1 heteroatoms. The highest BCUT2D eigenvalue weighted by Crippen LogP contribution is 2.39. The SMILES string of the molecule is C/C=C(\c1ccccc1)c1ccccc1-c1ccccc1P(c1ccccc1)c1ccccc1. The maximum absolute atomic E-state index is 2.32. The molecule has 0 amide bonds. The highest BCUT2D eigenvalue weighted by Gasteiger charge is 2.21. The molecule has 5 aromatic carbocycles. The van der Waals surface area contributed by atoms with Crippen LogP contribution in [0, 0.1) is 0 Å². The summed E-state index contributed by atoms with van der Waals surface area (Å²) in [6, 6.07) is 50.3. The Kier molecular flexibility index (Phi) is 6.80. The van der Waals surface area contributed by atoms with E-state index < -0.39 is 7.92 Å². The van der Waals surface area contributed by atoms with E-state index in [4.69, 9.17) is 0 Å². The zero-order valence-electron chi connectivity index (χ0n) is 19.3. The van der Waals surface area contributed by atoms with Crippen LogP contribution in [-0.4, -0.2) is 0 Å². The molecule has 164 valence electrons. The third-order valence-corrected chi connectivity index (χ3v) is 8.56. The summed E-state index contributed by atoms with van der Waals surface area (Å²) in [6.07, 6.45) is 2.23. The molecule has 0 aliphatic rings. The Bertz CT molecular complexity index is 1350. The van der Waals surface area contributed by atoms with Crippen molar-refractivity contribution in [1.29, 1.82) is 0 Å². The van der Waals surface area contributed by atoms with Crippen LogP contribution in [0.3, 0.4) is 0 Å². The molecule has 0 nitrogen and oxygen atoms in total. The minimum absolute atomic E-state index is 0.700. The molecule has 0 aliphatic carbocycles. The van der Waals surface area contributed by atoms with Gasteiger partial charge in [-0.3, -0.25) is 0 Å². The van der Waals surface area contributed by atoms with Crippen LogP contribution in [0.4, 0.5) is 0 Å². The molecular weight excluding hydrogens is 427 g/mol. The highest BCUT2D eigenvalue weighted by atomic mass is 31.1. The Morgan fingerprint density at radius 3 is 1.56 bits per heavy atom. The minimum Gasteiger partial charge on any atom is -0.0792 e. The number of benzene rings is 5. The fraction of sp³-hybridized carbons (Fsp3) is 0.0303. The zero-order valence-corrected chi connectivity index (χ0v) is 20.2. The Balaban J connectivity index is 1.72. The largest absolute Gasteiger partial charge is 0.0792 e. The van der Waals surface area contributed by atoms with Crippen LogP contribution in [0.5, 0.6) is 0 Å². The zero-order chi connectivity index (χ0) is 23.2. The standard InChI is InChI=1S/C33H27P/c1-2-29(26-16-6-3-7-17-26)30-22-12-13-23-31(30)32-24-14-15-25-33(32)34(27-18-8-4-9-19-27)28-20-10-5-11-21-28/h2-25H,1H3/b29-2+. The monoisotopic (exact) mass is 454 g/mol. The molecule has 5 rings (SSSR count). The van der Waals surface area contributed by atoms with Crippen LogP contribution in [0.1, 0.15) is 18.1 Å². The maximum atomic E-state index is 2.32. The fourth-order valence-electron chi connectivity index (χ4n) is 4.53. The van der Waals surface area contributed by atoms with E-state index in [1.165, 1.54) is 43.7 Å². The summed E-state index contributed by atoms with van der Waals surface area (Å²) in [5.41, 5.74) is 6.33. The molecule has 0 saturated carbocycles. The van der Waals surface area contributed by atoms with Gasteiger partial charge in [0.25, 0.3) is 0 Å². The van der Waals surface area contributed by atoms with Crippen molar-refractivity contribution in [2.45, 2.75) is 6.92 Å². The van der Waals surface area contributed by atoms with Crippen LogP contribution in [0.25, 0.3) is 16.7 Å². The molecule has 0 aliphatic heterocycles. The fourth-order valence-corrected chi connectivity index (χ4v) is 6.99. The topological polar surface area (TPSA) is 0 Å². The molecular formula is C33H27P. The first-order valence-electron chi connectivity index (χ1n) is 11.7. The van der Waals surface area contributed by atoms with Gasteiger partial charge in [0, 0.05) is 0 Å². The lowest BCUT2D eigenvalue weighted by Gasteiger charge is -2.24. The van der Waals surface area contributed by atoms with Gasteiger partial charge in [0.15, 0.2) is 0 Å². The predicted octanol–water partition coefficient (Wildman–Crippen LogP) is 7.56. The van der Waals surface area contributed by atoms with E-state index in [0.29, 0.717) is 0 Å². The van der Waals surface area contributed by atoms with E-state index in [1.54, 1.807) is 0 Å². The maximum Gasteiger partial charge on any atom is -0.00724 e. The van der Waals surface area contributed by atoms with Crippen LogP contribution in [0.2, 0.25) is 0 Å². The van der Waals surface area contributed by atoms with E-state index in [2.05, 4.69) is 153 Å². The summed E-state index contributed by atoms with van der Waals surface area (Å²) in [6.45, 7) is 2.13. The van der Waals surface area contributed by atoms with Gasteiger partial charge in [-0.15, -0.1) is 0 Å². The Hall–Kier alpha value is -3.73. The first kappa shape index (κ1) is 22.1. The van der Waals surface area contributed by atoms with Crippen LogP contribution < -0.4 is 15.9 Å². The van der Waals surface area contributed by atoms with Gasteiger partial charge >= 0.3 is 0 Å². The molecule has 0 bridgehead atoms. The Morgan fingerprint density at radius 2 is 0.971 bits per heavy atom. The van der Waals surface area contributed by atoms with Crippen molar-refractivity contribution in [2.24, 2.45) is 0 Å². The molecule has 0 radical (unpaired) electrons. The third-order valence-electron chi connectivity index (χ3n) is 6.05. The molecule has 34 heavy (non-hydrogen) atoms. The number of allylic oxidation sites excluding steroid dienone is 1. The van der Waals surface area contributed by atoms with Crippen molar-refractivity contribution in [3.8, 4) is 11.1 Å². The van der Waals surface area contributed by atoms with Gasteiger partial charge in [0.05, 0.1) is 0 Å². The first-order valence-corrected chi connectivity index (χ1v) is 13.0. The van der Waals surface area contributed by atoms with Crippen molar-refractivity contribution < 1.29 is 0 Å². The van der Waals surface area contributed by atoms with Crippen LogP contribution in [-0.2, 0) is 0 Å². The van der Waals surface area contributed by atoms with Crippen molar-refractivity contribution >= 4 is 29.4 Å². The number of rotatable bonds is 6. The quantitative estimate of drug-likeness (QED) is 0.232. The summed E-state index contributed by atoms with van der Waals surface area (Å²) >= 11 is 0. The molecule has 0 spiro atoms. The second-order valence-electron chi connectivity index (χ2n) is 8.14. The van der Waals surface area contributed by atoms with Gasteiger partial charge in [-0.25, -0.2) is 0 Å². The summed E-state index contributed by atoms with van der Waals surface area (Å²) in [5.74, 6) is 0. The third kappa shape index (κ3) is 4.51. The van der Waals surface area contributed by atoms with Gasteiger partial charge in [0.2, 0.25) is 0 Å². The predicted molar refractivity (Wildman–Crippen MR) is 150 cm³/mol. The van der Waals surface area contributed by atoms with Gasteiger partial charge in [-0.05, 0) is 58.6 Å². The highest BCUT2D eigenvalue weighted by molar-refractivity contribution is 7.80. The lowest BCUT2D eigenvalue weighted by atomic mass is 9.90. The Morgan fingerprint density at radius 1 is 0.500 bits per heavy atom. The van der Waals surface area contributed by atoms with Crippen molar-refractivity contribution in [2.75, 3.05) is 0 Å². The van der Waals surface area contributed by atoms with Crippen molar-refractivity contribution in [3.63, 3.8) is 0 Å². The van der Waals surface area contributed by atoms with Crippen molar-refractivity contribution in [1.82, 2.24) is 0 Å². The lowest BCUT2D eigenvalue weighted by molar-refractivity contribution is 1.52. The second kappa shape index (κ2) is 10.5. The van der Waals surface area contributed by atoms with E-state index >= 15 is 0 Å². The molecule has 0 aromatic heterocycles. The van der Waals surface area contributed by atoms with Crippen molar-refractivity contribution in [3.05, 3.63) is 157 Å². The molecule has 0 heterocycles. The molecule has 0 saturated heterocycles. The van der Waals surface area contributed by atoms with E-state index in [9.17, 15) is 0 Å². The Labute approximate surface area is 204 Å². The van der Waals surface area contributed by atoms with Crippen LogP contribution >= 0.6 is 7.92 Å². The molecule has 5 aromatic rings. The molecule has 0 fully saturated rings. The van der Waals surface area contributed by atoms with E-state index in [-0.39, 0.29) is 0 Å².